The first-order valence-corrected chi connectivity index (χ1v) is 7.22. The van der Waals surface area contributed by atoms with E-state index in [0.29, 0.717) is 6.04 Å². The summed E-state index contributed by atoms with van der Waals surface area (Å²) in [6, 6.07) is 8.84. The average molecular weight is 261 g/mol. The lowest BCUT2D eigenvalue weighted by Gasteiger charge is -2.19. The van der Waals surface area contributed by atoms with Crippen LogP contribution in [0.25, 0.3) is 0 Å². The number of methoxy groups -OCH3 is 1. The van der Waals surface area contributed by atoms with Crippen molar-refractivity contribution in [3.63, 3.8) is 0 Å². The van der Waals surface area contributed by atoms with E-state index in [2.05, 4.69) is 37.9 Å². The van der Waals surface area contributed by atoms with Gasteiger partial charge in [-0.3, -0.25) is 0 Å². The van der Waals surface area contributed by atoms with E-state index in [1.165, 1.54) is 11.1 Å². The zero-order chi connectivity index (χ0) is 14.1. The van der Waals surface area contributed by atoms with Gasteiger partial charge in [-0.2, -0.15) is 0 Å². The molecule has 1 unspecified atom stereocenters. The van der Waals surface area contributed by atoms with Crippen LogP contribution in [0.5, 0.6) is 5.75 Å². The van der Waals surface area contributed by atoms with Gasteiger partial charge in [0, 0.05) is 6.04 Å². The van der Waals surface area contributed by atoms with E-state index in [0.717, 1.165) is 38.0 Å². The summed E-state index contributed by atoms with van der Waals surface area (Å²) in [6.45, 7) is 9.57. The van der Waals surface area contributed by atoms with Crippen LogP contribution in [0.3, 0.4) is 0 Å². The molecule has 0 spiro atoms. The smallest absolute Gasteiger partial charge is 0.118 e. The minimum atomic E-state index is 0.487. The lowest BCUT2D eigenvalue weighted by Crippen LogP contribution is -2.32. The highest BCUT2D eigenvalue weighted by Gasteiger charge is 2.10. The van der Waals surface area contributed by atoms with E-state index in [9.17, 15) is 0 Å². The first-order valence-electron chi connectivity index (χ1n) is 7.22. The molecule has 0 aliphatic heterocycles. The van der Waals surface area contributed by atoms with Crippen LogP contribution in [0.15, 0.2) is 36.4 Å². The minimum Gasteiger partial charge on any atom is -0.497 e. The van der Waals surface area contributed by atoms with E-state index in [1.54, 1.807) is 7.11 Å². The molecular formula is C17H27NO. The van der Waals surface area contributed by atoms with Crippen LogP contribution in [0.4, 0.5) is 0 Å². The topological polar surface area (TPSA) is 21.3 Å². The van der Waals surface area contributed by atoms with E-state index in [4.69, 9.17) is 4.74 Å². The molecule has 106 valence electrons. The van der Waals surface area contributed by atoms with Crippen LogP contribution >= 0.6 is 0 Å². The Kier molecular flexibility index (Phi) is 7.27. The molecular weight excluding hydrogens is 234 g/mol. The zero-order valence-electron chi connectivity index (χ0n) is 12.5. The molecule has 0 aromatic heterocycles. The van der Waals surface area contributed by atoms with E-state index in [1.807, 2.05) is 12.1 Å². The number of hydrogen-bond acceptors (Lipinski definition) is 2. The summed E-state index contributed by atoms with van der Waals surface area (Å²) >= 11 is 0. The molecule has 0 bridgehead atoms. The standard InChI is InChI=1S/C17H27NO/c1-5-11-18-16(12-14(3)6-2)13-15-7-9-17(19-4)10-8-15/h7-10,16,18H,3,5-6,11-13H2,1-2,4H3. The summed E-state index contributed by atoms with van der Waals surface area (Å²) < 4.78 is 5.19. The quantitative estimate of drug-likeness (QED) is 0.679. The highest BCUT2D eigenvalue weighted by Crippen LogP contribution is 2.16. The summed E-state index contributed by atoms with van der Waals surface area (Å²) in [5, 5.41) is 3.62. The molecule has 1 aromatic carbocycles. The van der Waals surface area contributed by atoms with Gasteiger partial charge >= 0.3 is 0 Å². The van der Waals surface area contributed by atoms with Crippen molar-refractivity contribution in [2.45, 2.75) is 45.6 Å². The van der Waals surface area contributed by atoms with Crippen LogP contribution in [0, 0.1) is 0 Å². The largest absolute Gasteiger partial charge is 0.497 e. The Balaban J connectivity index is 2.60. The second kappa shape index (κ2) is 8.76. The molecule has 0 radical (unpaired) electrons. The maximum absolute atomic E-state index is 5.19. The van der Waals surface area contributed by atoms with Crippen molar-refractivity contribution in [1.29, 1.82) is 0 Å². The Morgan fingerprint density at radius 2 is 1.95 bits per heavy atom. The monoisotopic (exact) mass is 261 g/mol. The summed E-state index contributed by atoms with van der Waals surface area (Å²) in [5.74, 6) is 0.916. The van der Waals surface area contributed by atoms with Crippen LogP contribution in [0.2, 0.25) is 0 Å². The third-order valence-corrected chi connectivity index (χ3v) is 3.36. The molecule has 2 heteroatoms. The molecule has 1 rings (SSSR count). The molecule has 0 aliphatic rings. The van der Waals surface area contributed by atoms with Crippen molar-refractivity contribution in [2.24, 2.45) is 0 Å². The van der Waals surface area contributed by atoms with Gasteiger partial charge in [-0.25, -0.2) is 0 Å². The lowest BCUT2D eigenvalue weighted by atomic mass is 9.98. The van der Waals surface area contributed by atoms with Crippen molar-refractivity contribution in [1.82, 2.24) is 5.32 Å². The second-order valence-corrected chi connectivity index (χ2v) is 5.01. The number of nitrogens with one attached hydrogen (secondary N) is 1. The fourth-order valence-electron chi connectivity index (χ4n) is 2.10. The van der Waals surface area contributed by atoms with Crippen molar-refractivity contribution in [2.75, 3.05) is 13.7 Å². The predicted octanol–water partition coefficient (Wildman–Crippen LogP) is 3.96. The van der Waals surface area contributed by atoms with Gasteiger partial charge in [-0.1, -0.05) is 38.1 Å². The van der Waals surface area contributed by atoms with Crippen LogP contribution in [-0.2, 0) is 6.42 Å². The molecule has 0 fully saturated rings. The molecule has 2 nitrogen and oxygen atoms in total. The number of benzene rings is 1. The molecule has 0 saturated heterocycles. The molecule has 0 amide bonds. The Labute approximate surface area is 117 Å². The minimum absolute atomic E-state index is 0.487. The van der Waals surface area contributed by atoms with Gasteiger partial charge in [0.2, 0.25) is 0 Å². The van der Waals surface area contributed by atoms with Gasteiger partial charge < -0.3 is 10.1 Å². The first kappa shape index (κ1) is 15.8. The van der Waals surface area contributed by atoms with Crippen molar-refractivity contribution < 1.29 is 4.74 Å². The maximum atomic E-state index is 5.19. The van der Waals surface area contributed by atoms with Gasteiger partial charge in [0.1, 0.15) is 5.75 Å². The van der Waals surface area contributed by atoms with Crippen molar-refractivity contribution in [3.05, 3.63) is 42.0 Å². The molecule has 0 saturated carbocycles. The molecule has 1 atom stereocenters. The Morgan fingerprint density at radius 3 is 2.47 bits per heavy atom. The number of rotatable bonds is 9. The molecule has 19 heavy (non-hydrogen) atoms. The maximum Gasteiger partial charge on any atom is 0.118 e. The average Bonchev–Trinajstić information content (AvgIpc) is 2.45. The van der Waals surface area contributed by atoms with Crippen LogP contribution in [0.1, 0.15) is 38.7 Å². The predicted molar refractivity (Wildman–Crippen MR) is 82.8 cm³/mol. The number of hydrogen-bond donors (Lipinski definition) is 1. The Morgan fingerprint density at radius 1 is 1.26 bits per heavy atom. The highest BCUT2D eigenvalue weighted by atomic mass is 16.5. The van der Waals surface area contributed by atoms with Gasteiger partial charge in [-0.05, 0) is 49.9 Å². The first-order chi connectivity index (χ1) is 9.19. The van der Waals surface area contributed by atoms with Gasteiger partial charge in [0.25, 0.3) is 0 Å². The van der Waals surface area contributed by atoms with Crippen LogP contribution < -0.4 is 10.1 Å². The fourth-order valence-corrected chi connectivity index (χ4v) is 2.10. The van der Waals surface area contributed by atoms with Gasteiger partial charge in [0.05, 0.1) is 7.11 Å². The van der Waals surface area contributed by atoms with Crippen LogP contribution in [-0.4, -0.2) is 19.7 Å². The second-order valence-electron chi connectivity index (χ2n) is 5.01. The van der Waals surface area contributed by atoms with E-state index in [-0.39, 0.29) is 0 Å². The van der Waals surface area contributed by atoms with Gasteiger partial charge in [-0.15, -0.1) is 0 Å². The summed E-state index contributed by atoms with van der Waals surface area (Å²) in [7, 11) is 1.70. The molecule has 1 N–H and O–H groups in total. The SMILES string of the molecule is C=C(CC)CC(Cc1ccc(OC)cc1)NCCC. The van der Waals surface area contributed by atoms with Gasteiger partial charge in [0.15, 0.2) is 0 Å². The zero-order valence-corrected chi connectivity index (χ0v) is 12.5. The third-order valence-electron chi connectivity index (χ3n) is 3.36. The van der Waals surface area contributed by atoms with E-state index < -0.39 is 0 Å². The fraction of sp³-hybridized carbons (Fsp3) is 0.529. The molecule has 0 heterocycles. The summed E-state index contributed by atoms with van der Waals surface area (Å²) in [6.07, 6.45) is 4.33. The van der Waals surface area contributed by atoms with Crippen molar-refractivity contribution in [3.8, 4) is 5.75 Å². The summed E-state index contributed by atoms with van der Waals surface area (Å²) in [5.41, 5.74) is 2.67. The lowest BCUT2D eigenvalue weighted by molar-refractivity contribution is 0.414. The number of ether oxygens (including phenoxy) is 1. The normalized spacial score (nSPS) is 12.2. The Hall–Kier alpha value is -1.28. The summed E-state index contributed by atoms with van der Waals surface area (Å²) in [4.78, 5) is 0. The van der Waals surface area contributed by atoms with E-state index >= 15 is 0 Å². The third kappa shape index (κ3) is 5.93. The van der Waals surface area contributed by atoms with Crippen molar-refractivity contribution >= 4 is 0 Å². The Bertz CT molecular complexity index is 369. The molecule has 1 aromatic rings. The molecule has 0 aliphatic carbocycles. The highest BCUT2D eigenvalue weighted by molar-refractivity contribution is 5.27.